The number of hydrogen-bond acceptors (Lipinski definition) is 11. The van der Waals surface area contributed by atoms with Gasteiger partial charge in [0.05, 0.1) is 6.61 Å². The quantitative estimate of drug-likeness (QED) is 0.0228. The Kier molecular flexibility index (Phi) is 50.1. The number of unbranched alkanes of at least 4 members (excludes halogenated alkanes) is 12. The zero-order chi connectivity index (χ0) is 58.9. The van der Waals surface area contributed by atoms with Gasteiger partial charge in [-0.05, 0) is 128 Å². The van der Waals surface area contributed by atoms with Gasteiger partial charge in [-0.2, -0.15) is 0 Å². The monoisotopic (exact) mass is 1130 g/mol. The summed E-state index contributed by atoms with van der Waals surface area (Å²) in [6.45, 7) is 5.64. The normalized spacial score (nSPS) is 18.8. The molecular formula is C69H106O12. The van der Waals surface area contributed by atoms with Crippen LogP contribution in [0.15, 0.2) is 146 Å². The van der Waals surface area contributed by atoms with Crippen LogP contribution in [-0.2, 0) is 42.9 Å². The first kappa shape index (κ1) is 73.6. The fourth-order valence-electron chi connectivity index (χ4n) is 8.24. The lowest BCUT2D eigenvalue weighted by molar-refractivity contribution is -0.301. The van der Waals surface area contributed by atoms with E-state index in [4.69, 9.17) is 23.7 Å². The van der Waals surface area contributed by atoms with Crippen LogP contribution in [0.25, 0.3) is 0 Å². The SMILES string of the molecule is CC/C=C\C/C=C\C/C=C\C/C=C\C/C=C\C/C=C\CCC(=O)OCC(COC1OC(C(=O)O)C(O)C(O)C1OC(=O)CCCCCCC/C=C\CCCCCC)OC(=O)CCCCC/C=C\C/C=C\C/C=C\C/C=C\C/C=C\CC. The molecule has 0 bridgehead atoms. The molecule has 1 aliphatic heterocycles. The number of hydrogen-bond donors (Lipinski definition) is 3. The summed E-state index contributed by atoms with van der Waals surface area (Å²) in [7, 11) is 0. The maximum atomic E-state index is 13.2. The summed E-state index contributed by atoms with van der Waals surface area (Å²) < 4.78 is 28.3. The van der Waals surface area contributed by atoms with Gasteiger partial charge in [0.15, 0.2) is 24.6 Å². The highest BCUT2D eigenvalue weighted by Crippen LogP contribution is 2.26. The number of allylic oxidation sites excluding steroid dienone is 24. The van der Waals surface area contributed by atoms with E-state index < -0.39 is 67.3 Å². The Labute approximate surface area is 489 Å². The molecule has 12 heteroatoms. The minimum absolute atomic E-state index is 0.0309. The number of aliphatic hydroxyl groups excluding tert-OH is 2. The molecule has 6 unspecified atom stereocenters. The number of esters is 3. The lowest BCUT2D eigenvalue weighted by Gasteiger charge is -2.40. The Morgan fingerprint density at radius 1 is 0.420 bits per heavy atom. The smallest absolute Gasteiger partial charge is 0.335 e. The average molecular weight is 1130 g/mol. The number of aliphatic carboxylic acids is 1. The fourth-order valence-corrected chi connectivity index (χ4v) is 8.24. The Bertz CT molecular complexity index is 1960. The standard InChI is InChI=1S/C69H106O12/c1-4-7-10-13-16-19-22-25-27-29-31-33-35-38-40-43-46-49-52-55-61(70)77-58-60(79-62(71)56-53-50-47-44-42-39-36-34-32-30-28-26-23-20-17-14-11-8-5-2)59-78-69-67(65(74)64(73)66(81-69)68(75)76)80-63(72)57-54-51-48-45-41-37-24-21-18-15-12-9-6-3/h7-8,10-11,16-17,19-21,24-28,31-34,38-40,42,46,49,60,64-67,69,73-74H,4-6,9,12-15,18,22-23,29-30,35-37,41,43-45,47-48,50-59H2,1-3H3,(H,75,76)/b10-7-,11-8-,19-16-,20-17-,24-21-,27-25-,28-26-,33-31-,34-32-,40-38-,42-39-,49-46-. The molecule has 1 heterocycles. The van der Waals surface area contributed by atoms with Crippen molar-refractivity contribution in [3.8, 4) is 0 Å². The third kappa shape index (κ3) is 44.9. The second-order valence-corrected chi connectivity index (χ2v) is 20.2. The first-order chi connectivity index (χ1) is 39.6. The van der Waals surface area contributed by atoms with E-state index in [0.29, 0.717) is 25.7 Å². The Morgan fingerprint density at radius 3 is 1.26 bits per heavy atom. The summed E-state index contributed by atoms with van der Waals surface area (Å²) in [6, 6.07) is 0. The molecule has 1 rings (SSSR count). The van der Waals surface area contributed by atoms with E-state index in [-0.39, 0.29) is 25.9 Å². The number of carbonyl (C=O) groups excluding carboxylic acids is 3. The number of rotatable bonds is 50. The number of aliphatic hydroxyl groups is 2. The molecule has 3 N–H and O–H groups in total. The zero-order valence-electron chi connectivity index (χ0n) is 50.0. The molecule has 1 fully saturated rings. The largest absolute Gasteiger partial charge is 0.479 e. The molecule has 1 saturated heterocycles. The maximum Gasteiger partial charge on any atom is 0.335 e. The third-order valence-electron chi connectivity index (χ3n) is 12.9. The molecule has 0 aromatic carbocycles. The van der Waals surface area contributed by atoms with E-state index in [1.165, 1.54) is 25.7 Å². The molecule has 0 radical (unpaired) electrons. The molecule has 0 aromatic rings. The first-order valence-electron chi connectivity index (χ1n) is 30.8. The Morgan fingerprint density at radius 2 is 0.802 bits per heavy atom. The van der Waals surface area contributed by atoms with E-state index in [2.05, 4.69) is 154 Å². The summed E-state index contributed by atoms with van der Waals surface area (Å²) in [6.07, 6.45) is 66.8. The molecule has 12 nitrogen and oxygen atoms in total. The Balaban J connectivity index is 2.77. The molecule has 0 amide bonds. The minimum atomic E-state index is -1.93. The lowest BCUT2D eigenvalue weighted by Crippen LogP contribution is -2.61. The van der Waals surface area contributed by atoms with Crippen LogP contribution in [0.5, 0.6) is 0 Å². The summed E-state index contributed by atoms with van der Waals surface area (Å²) >= 11 is 0. The van der Waals surface area contributed by atoms with Gasteiger partial charge in [0.2, 0.25) is 0 Å². The molecular weight excluding hydrogens is 1020 g/mol. The van der Waals surface area contributed by atoms with Crippen LogP contribution < -0.4 is 0 Å². The molecule has 0 saturated carbocycles. The van der Waals surface area contributed by atoms with Crippen LogP contribution in [0.3, 0.4) is 0 Å². The van der Waals surface area contributed by atoms with Crippen molar-refractivity contribution in [3.63, 3.8) is 0 Å². The van der Waals surface area contributed by atoms with Gasteiger partial charge >= 0.3 is 23.9 Å². The van der Waals surface area contributed by atoms with Crippen LogP contribution >= 0.6 is 0 Å². The van der Waals surface area contributed by atoms with Crippen LogP contribution in [0.1, 0.15) is 213 Å². The van der Waals surface area contributed by atoms with E-state index in [9.17, 15) is 34.5 Å². The highest BCUT2D eigenvalue weighted by molar-refractivity contribution is 5.74. The summed E-state index contributed by atoms with van der Waals surface area (Å²) in [5.41, 5.74) is 0. The lowest BCUT2D eigenvalue weighted by atomic mass is 9.98. The van der Waals surface area contributed by atoms with Crippen molar-refractivity contribution in [1.82, 2.24) is 0 Å². The van der Waals surface area contributed by atoms with Crippen molar-refractivity contribution in [2.24, 2.45) is 0 Å². The average Bonchev–Trinajstić information content (AvgIpc) is 3.46. The van der Waals surface area contributed by atoms with Gasteiger partial charge in [-0.25, -0.2) is 4.79 Å². The predicted molar refractivity (Wildman–Crippen MR) is 330 cm³/mol. The van der Waals surface area contributed by atoms with E-state index in [1.807, 2.05) is 12.2 Å². The van der Waals surface area contributed by atoms with Crippen LogP contribution in [0.4, 0.5) is 0 Å². The van der Waals surface area contributed by atoms with E-state index >= 15 is 0 Å². The second-order valence-electron chi connectivity index (χ2n) is 20.2. The third-order valence-corrected chi connectivity index (χ3v) is 12.9. The minimum Gasteiger partial charge on any atom is -0.479 e. The van der Waals surface area contributed by atoms with Crippen LogP contribution in [0, 0.1) is 0 Å². The van der Waals surface area contributed by atoms with E-state index in [0.717, 1.165) is 122 Å². The van der Waals surface area contributed by atoms with Crippen LogP contribution in [0.2, 0.25) is 0 Å². The number of ether oxygens (including phenoxy) is 5. The summed E-state index contributed by atoms with van der Waals surface area (Å²) in [5.74, 6) is -3.31. The van der Waals surface area contributed by atoms with Gasteiger partial charge in [-0.3, -0.25) is 14.4 Å². The van der Waals surface area contributed by atoms with Crippen molar-refractivity contribution in [2.75, 3.05) is 13.2 Å². The van der Waals surface area contributed by atoms with Crippen molar-refractivity contribution in [1.29, 1.82) is 0 Å². The number of carboxylic acids is 1. The summed E-state index contributed by atoms with van der Waals surface area (Å²) in [5, 5.41) is 31.5. The molecule has 454 valence electrons. The molecule has 1 aliphatic rings. The van der Waals surface area contributed by atoms with Gasteiger partial charge < -0.3 is 39.0 Å². The summed E-state index contributed by atoms with van der Waals surface area (Å²) in [4.78, 5) is 51.2. The highest BCUT2D eigenvalue weighted by Gasteiger charge is 2.50. The molecule has 0 aromatic heterocycles. The Hall–Kier alpha value is -5.40. The maximum absolute atomic E-state index is 13.2. The number of carbonyl (C=O) groups is 4. The predicted octanol–water partition coefficient (Wildman–Crippen LogP) is 16.3. The molecule has 81 heavy (non-hydrogen) atoms. The van der Waals surface area contributed by atoms with Crippen molar-refractivity contribution in [2.45, 2.75) is 250 Å². The van der Waals surface area contributed by atoms with Crippen molar-refractivity contribution in [3.05, 3.63) is 146 Å². The topological polar surface area (TPSA) is 175 Å². The molecule has 6 atom stereocenters. The highest BCUT2D eigenvalue weighted by atomic mass is 16.7. The van der Waals surface area contributed by atoms with Gasteiger partial charge in [0.25, 0.3) is 0 Å². The van der Waals surface area contributed by atoms with Gasteiger partial charge in [-0.1, -0.05) is 212 Å². The van der Waals surface area contributed by atoms with Gasteiger partial charge in [-0.15, -0.1) is 0 Å². The zero-order valence-corrected chi connectivity index (χ0v) is 50.0. The second kappa shape index (κ2) is 55.2. The van der Waals surface area contributed by atoms with Gasteiger partial charge in [0.1, 0.15) is 18.8 Å². The first-order valence-corrected chi connectivity index (χ1v) is 30.8. The number of carboxylic acid groups (broad SMARTS) is 1. The fraction of sp³-hybridized carbons (Fsp3) is 0.594. The van der Waals surface area contributed by atoms with Gasteiger partial charge in [0, 0.05) is 19.3 Å². The molecule has 0 aliphatic carbocycles. The van der Waals surface area contributed by atoms with Crippen molar-refractivity contribution < 1.29 is 58.2 Å². The van der Waals surface area contributed by atoms with E-state index in [1.54, 1.807) is 0 Å². The molecule has 0 spiro atoms. The van der Waals surface area contributed by atoms with Crippen LogP contribution in [-0.4, -0.2) is 89.2 Å². The van der Waals surface area contributed by atoms with Crippen molar-refractivity contribution >= 4 is 23.9 Å².